The number of hydrogen-bond acceptors (Lipinski definition) is 3. The van der Waals surface area contributed by atoms with Gasteiger partial charge in [-0.15, -0.1) is 0 Å². The minimum Gasteiger partial charge on any atom is -0.377 e. The molecular formula is C5H12O3S. The van der Waals surface area contributed by atoms with Crippen molar-refractivity contribution in [3.05, 3.63) is 0 Å². The smallest absolute Gasteiger partial charge is 0.178 e. The number of rotatable bonds is 2. The van der Waals surface area contributed by atoms with Gasteiger partial charge in [-0.1, -0.05) is 0 Å². The van der Waals surface area contributed by atoms with Crippen LogP contribution in [0.5, 0.6) is 0 Å². The Morgan fingerprint density at radius 1 is 1.22 bits per heavy atom. The minimum absolute atomic E-state index is 0.488. The zero-order chi connectivity index (χ0) is 7.65. The molecule has 0 rings (SSSR count). The lowest BCUT2D eigenvalue weighted by Crippen LogP contribution is -2.25. The summed E-state index contributed by atoms with van der Waals surface area (Å²) in [5.41, 5.74) is -1.24. The summed E-state index contributed by atoms with van der Waals surface area (Å²) < 4.78 is 21.6. The van der Waals surface area contributed by atoms with Gasteiger partial charge < -0.3 is 5.11 Å². The highest BCUT2D eigenvalue weighted by Gasteiger charge is 2.21. The Bertz CT molecular complexity index is 153. The summed E-state index contributed by atoms with van der Waals surface area (Å²) in [6.07, 6.45) is 0. The van der Waals surface area contributed by atoms with Gasteiger partial charge in [0, 0.05) is 0 Å². The van der Waals surface area contributed by atoms with Gasteiger partial charge >= 0.3 is 0 Å². The SMILES string of the molecule is CC(C)S(=O)(=O)C(C)O. The molecule has 0 aromatic carbocycles. The molecule has 0 spiro atoms. The zero-order valence-corrected chi connectivity index (χ0v) is 6.64. The molecule has 1 N–H and O–H groups in total. The molecule has 1 atom stereocenters. The van der Waals surface area contributed by atoms with E-state index in [-0.39, 0.29) is 0 Å². The molecule has 0 fully saturated rings. The Morgan fingerprint density at radius 2 is 1.56 bits per heavy atom. The average molecular weight is 152 g/mol. The molecule has 0 bridgehead atoms. The van der Waals surface area contributed by atoms with E-state index in [1.54, 1.807) is 13.8 Å². The van der Waals surface area contributed by atoms with Crippen molar-refractivity contribution in [2.45, 2.75) is 31.5 Å². The lowest BCUT2D eigenvalue weighted by molar-refractivity contribution is 0.267. The average Bonchev–Trinajstić information content (AvgIpc) is 1.65. The van der Waals surface area contributed by atoms with Crippen molar-refractivity contribution in [2.75, 3.05) is 0 Å². The highest BCUT2D eigenvalue weighted by Crippen LogP contribution is 2.04. The van der Waals surface area contributed by atoms with Gasteiger partial charge in [0.25, 0.3) is 0 Å². The molecule has 0 aliphatic carbocycles. The second-order valence-corrected chi connectivity index (χ2v) is 5.04. The molecule has 3 nitrogen and oxygen atoms in total. The van der Waals surface area contributed by atoms with Crippen molar-refractivity contribution in [2.24, 2.45) is 0 Å². The first-order chi connectivity index (χ1) is 3.89. The standard InChI is InChI=1S/C5H12O3S/c1-4(2)9(7,8)5(3)6/h4-6H,1-3H3. The summed E-state index contributed by atoms with van der Waals surface area (Å²) in [7, 11) is -3.26. The van der Waals surface area contributed by atoms with E-state index in [1.807, 2.05) is 0 Å². The molecule has 1 unspecified atom stereocenters. The van der Waals surface area contributed by atoms with Crippen LogP contribution in [-0.2, 0) is 9.84 Å². The van der Waals surface area contributed by atoms with Gasteiger partial charge in [0.2, 0.25) is 0 Å². The number of aliphatic hydroxyl groups is 1. The molecule has 0 saturated heterocycles. The Kier molecular flexibility index (Phi) is 2.64. The van der Waals surface area contributed by atoms with E-state index in [0.29, 0.717) is 0 Å². The van der Waals surface area contributed by atoms with E-state index in [0.717, 1.165) is 0 Å². The fourth-order valence-corrected chi connectivity index (χ4v) is 1.18. The largest absolute Gasteiger partial charge is 0.377 e. The van der Waals surface area contributed by atoms with Crippen LogP contribution in [0.1, 0.15) is 20.8 Å². The van der Waals surface area contributed by atoms with E-state index >= 15 is 0 Å². The van der Waals surface area contributed by atoms with Gasteiger partial charge in [0.1, 0.15) is 0 Å². The van der Waals surface area contributed by atoms with Crippen molar-refractivity contribution < 1.29 is 13.5 Å². The fourth-order valence-electron chi connectivity index (χ4n) is 0.394. The zero-order valence-electron chi connectivity index (χ0n) is 5.83. The predicted octanol–water partition coefficient (Wildman–Crippen LogP) is 0.148. The molecule has 9 heavy (non-hydrogen) atoms. The third kappa shape index (κ3) is 1.95. The van der Waals surface area contributed by atoms with Crippen molar-refractivity contribution in [3.63, 3.8) is 0 Å². The maximum absolute atomic E-state index is 10.8. The first-order valence-corrected chi connectivity index (χ1v) is 4.40. The van der Waals surface area contributed by atoms with Gasteiger partial charge in [-0.3, -0.25) is 0 Å². The van der Waals surface area contributed by atoms with Gasteiger partial charge in [-0.05, 0) is 20.8 Å². The van der Waals surface area contributed by atoms with E-state index in [4.69, 9.17) is 5.11 Å². The highest BCUT2D eigenvalue weighted by molar-refractivity contribution is 7.92. The molecule has 0 amide bonds. The Labute approximate surface area is 55.6 Å². The van der Waals surface area contributed by atoms with Crippen LogP contribution in [0.2, 0.25) is 0 Å². The molecule has 0 saturated carbocycles. The van der Waals surface area contributed by atoms with Crippen molar-refractivity contribution in [3.8, 4) is 0 Å². The molecule has 4 heteroatoms. The maximum Gasteiger partial charge on any atom is 0.178 e. The second kappa shape index (κ2) is 2.66. The first-order valence-electron chi connectivity index (χ1n) is 2.79. The number of aliphatic hydroxyl groups excluding tert-OH is 1. The quantitative estimate of drug-likeness (QED) is 0.612. The van der Waals surface area contributed by atoms with Crippen molar-refractivity contribution in [1.29, 1.82) is 0 Å². The van der Waals surface area contributed by atoms with Gasteiger partial charge in [-0.2, -0.15) is 0 Å². The Balaban J connectivity index is 4.42. The van der Waals surface area contributed by atoms with Crippen LogP contribution in [0, 0.1) is 0 Å². The van der Waals surface area contributed by atoms with Crippen LogP contribution >= 0.6 is 0 Å². The summed E-state index contributed by atoms with van der Waals surface area (Å²) in [5, 5.41) is 8.17. The third-order valence-electron chi connectivity index (χ3n) is 1.13. The molecule has 0 aromatic heterocycles. The summed E-state index contributed by atoms with van der Waals surface area (Å²) in [4.78, 5) is 0. The van der Waals surface area contributed by atoms with E-state index in [2.05, 4.69) is 0 Å². The summed E-state index contributed by atoms with van der Waals surface area (Å²) in [6.45, 7) is 4.35. The number of hydrogen-bond donors (Lipinski definition) is 1. The third-order valence-corrected chi connectivity index (χ3v) is 3.40. The van der Waals surface area contributed by atoms with E-state index in [9.17, 15) is 8.42 Å². The Morgan fingerprint density at radius 3 is 1.56 bits per heavy atom. The second-order valence-electron chi connectivity index (χ2n) is 2.24. The van der Waals surface area contributed by atoms with Crippen LogP contribution in [0.4, 0.5) is 0 Å². The summed E-state index contributed by atoms with van der Waals surface area (Å²) >= 11 is 0. The first kappa shape index (κ1) is 8.91. The molecule has 0 aliphatic heterocycles. The highest BCUT2D eigenvalue weighted by atomic mass is 32.2. The molecular weight excluding hydrogens is 140 g/mol. The van der Waals surface area contributed by atoms with Crippen LogP contribution in [0.15, 0.2) is 0 Å². The normalized spacial score (nSPS) is 16.1. The summed E-state index contributed by atoms with van der Waals surface area (Å²) in [5.74, 6) is 0. The van der Waals surface area contributed by atoms with E-state index in [1.165, 1.54) is 6.92 Å². The fraction of sp³-hybridized carbons (Fsp3) is 1.00. The molecule has 0 heterocycles. The number of sulfone groups is 1. The van der Waals surface area contributed by atoms with Gasteiger partial charge in [-0.25, -0.2) is 8.42 Å². The maximum atomic E-state index is 10.8. The monoisotopic (exact) mass is 152 g/mol. The summed E-state index contributed by atoms with van der Waals surface area (Å²) in [6, 6.07) is 0. The molecule has 0 aromatic rings. The minimum atomic E-state index is -3.26. The molecule has 0 radical (unpaired) electrons. The van der Waals surface area contributed by atoms with Crippen LogP contribution in [0.3, 0.4) is 0 Å². The molecule has 56 valence electrons. The van der Waals surface area contributed by atoms with Crippen molar-refractivity contribution in [1.82, 2.24) is 0 Å². The predicted molar refractivity (Wildman–Crippen MR) is 35.7 cm³/mol. The Hall–Kier alpha value is -0.0900. The van der Waals surface area contributed by atoms with Gasteiger partial charge in [0.05, 0.1) is 5.25 Å². The molecule has 0 aliphatic rings. The van der Waals surface area contributed by atoms with Gasteiger partial charge in [0.15, 0.2) is 15.3 Å². The topological polar surface area (TPSA) is 54.4 Å². The van der Waals surface area contributed by atoms with E-state index < -0.39 is 20.5 Å². The van der Waals surface area contributed by atoms with Crippen LogP contribution < -0.4 is 0 Å². The van der Waals surface area contributed by atoms with Crippen molar-refractivity contribution >= 4 is 9.84 Å². The lowest BCUT2D eigenvalue weighted by atomic mass is 10.6. The lowest BCUT2D eigenvalue weighted by Gasteiger charge is -2.08. The van der Waals surface area contributed by atoms with Crippen LogP contribution in [-0.4, -0.2) is 24.2 Å². The van der Waals surface area contributed by atoms with Crippen LogP contribution in [0.25, 0.3) is 0 Å².